The van der Waals surface area contributed by atoms with E-state index < -0.39 is 0 Å². The number of rotatable bonds is 4. The van der Waals surface area contributed by atoms with Gasteiger partial charge >= 0.3 is 0 Å². The second-order valence-corrected chi connectivity index (χ2v) is 7.71. The quantitative estimate of drug-likeness (QED) is 0.871. The van der Waals surface area contributed by atoms with Crippen molar-refractivity contribution < 1.29 is 14.0 Å². The van der Waals surface area contributed by atoms with Crippen molar-refractivity contribution >= 4 is 35.0 Å². The van der Waals surface area contributed by atoms with Crippen molar-refractivity contribution in [2.24, 2.45) is 5.92 Å². The summed E-state index contributed by atoms with van der Waals surface area (Å²) in [5.41, 5.74) is 2.37. The van der Waals surface area contributed by atoms with E-state index in [2.05, 4.69) is 5.32 Å². The number of carbonyl (C=O) groups excluding carboxylic acids is 2. The van der Waals surface area contributed by atoms with Crippen molar-refractivity contribution in [3.63, 3.8) is 0 Å². The van der Waals surface area contributed by atoms with E-state index in [0.717, 1.165) is 30.5 Å². The SMILES string of the molecule is O=C(Nc1cccc(C2SCC(=O)N2c2ccc(F)cc2)c1)C1CCC1. The van der Waals surface area contributed by atoms with Gasteiger partial charge in [0.25, 0.3) is 0 Å². The minimum Gasteiger partial charge on any atom is -0.326 e. The molecule has 2 amide bonds. The van der Waals surface area contributed by atoms with Crippen LogP contribution >= 0.6 is 11.8 Å². The third-order valence-electron chi connectivity index (χ3n) is 4.89. The number of nitrogens with zero attached hydrogens (tertiary/aromatic N) is 1. The first kappa shape index (κ1) is 17.1. The monoisotopic (exact) mass is 370 g/mol. The van der Waals surface area contributed by atoms with Gasteiger partial charge in [-0.2, -0.15) is 0 Å². The molecule has 1 aliphatic carbocycles. The average molecular weight is 370 g/mol. The number of amides is 2. The Hall–Kier alpha value is -2.34. The summed E-state index contributed by atoms with van der Waals surface area (Å²) in [6.45, 7) is 0. The van der Waals surface area contributed by atoms with Crippen molar-refractivity contribution in [1.29, 1.82) is 0 Å². The van der Waals surface area contributed by atoms with Crippen LogP contribution in [0.15, 0.2) is 48.5 Å². The molecule has 134 valence electrons. The molecule has 0 spiro atoms. The zero-order chi connectivity index (χ0) is 18.1. The summed E-state index contributed by atoms with van der Waals surface area (Å²) in [6, 6.07) is 13.6. The summed E-state index contributed by atoms with van der Waals surface area (Å²) in [7, 11) is 0. The molecule has 1 unspecified atom stereocenters. The lowest BCUT2D eigenvalue weighted by atomic mass is 9.85. The van der Waals surface area contributed by atoms with E-state index >= 15 is 0 Å². The second kappa shape index (κ2) is 7.11. The Morgan fingerprint density at radius 2 is 1.92 bits per heavy atom. The maximum absolute atomic E-state index is 13.2. The number of anilines is 2. The van der Waals surface area contributed by atoms with Crippen molar-refractivity contribution in [3.05, 3.63) is 59.9 Å². The number of nitrogens with one attached hydrogen (secondary N) is 1. The lowest BCUT2D eigenvalue weighted by Gasteiger charge is -2.26. The van der Waals surface area contributed by atoms with E-state index in [4.69, 9.17) is 0 Å². The summed E-state index contributed by atoms with van der Waals surface area (Å²) in [5, 5.41) is 2.79. The molecule has 0 aromatic heterocycles. The number of hydrogen-bond acceptors (Lipinski definition) is 3. The molecule has 1 heterocycles. The molecule has 2 aliphatic rings. The molecule has 1 saturated carbocycles. The summed E-state index contributed by atoms with van der Waals surface area (Å²) >= 11 is 1.53. The highest BCUT2D eigenvalue weighted by Crippen LogP contribution is 2.42. The summed E-state index contributed by atoms with van der Waals surface area (Å²) in [4.78, 5) is 26.3. The van der Waals surface area contributed by atoms with Crippen LogP contribution < -0.4 is 10.2 Å². The van der Waals surface area contributed by atoms with Crippen LogP contribution in [0.2, 0.25) is 0 Å². The van der Waals surface area contributed by atoms with Gasteiger partial charge in [0, 0.05) is 17.3 Å². The average Bonchev–Trinajstić information content (AvgIpc) is 2.96. The van der Waals surface area contributed by atoms with Gasteiger partial charge in [-0.3, -0.25) is 14.5 Å². The Balaban J connectivity index is 1.57. The maximum atomic E-state index is 13.2. The number of thioether (sulfide) groups is 1. The number of halogens is 1. The van der Waals surface area contributed by atoms with Gasteiger partial charge < -0.3 is 5.32 Å². The van der Waals surface area contributed by atoms with Gasteiger partial charge in [0.2, 0.25) is 11.8 Å². The fourth-order valence-electron chi connectivity index (χ4n) is 3.24. The minimum absolute atomic E-state index is 0.00415. The number of benzene rings is 2. The number of carbonyl (C=O) groups is 2. The summed E-state index contributed by atoms with van der Waals surface area (Å²) in [5.74, 6) is 0.234. The third kappa shape index (κ3) is 3.33. The van der Waals surface area contributed by atoms with Gasteiger partial charge in [-0.15, -0.1) is 11.8 Å². The van der Waals surface area contributed by atoms with Crippen molar-refractivity contribution in [3.8, 4) is 0 Å². The summed E-state index contributed by atoms with van der Waals surface area (Å²) in [6.07, 6.45) is 3.03. The highest BCUT2D eigenvalue weighted by atomic mass is 32.2. The van der Waals surface area contributed by atoms with Crippen LogP contribution in [0.5, 0.6) is 0 Å². The molecule has 0 bridgehead atoms. The van der Waals surface area contributed by atoms with Crippen LogP contribution in [0.25, 0.3) is 0 Å². The van der Waals surface area contributed by atoms with E-state index in [1.165, 1.54) is 23.9 Å². The van der Waals surface area contributed by atoms with E-state index in [1.807, 2.05) is 24.3 Å². The molecule has 1 atom stereocenters. The predicted molar refractivity (Wildman–Crippen MR) is 101 cm³/mol. The maximum Gasteiger partial charge on any atom is 0.238 e. The first-order valence-corrected chi connectivity index (χ1v) is 9.77. The van der Waals surface area contributed by atoms with Gasteiger partial charge in [0.05, 0.1) is 5.75 Å². The van der Waals surface area contributed by atoms with Gasteiger partial charge in [0.1, 0.15) is 11.2 Å². The molecule has 6 heteroatoms. The first-order valence-electron chi connectivity index (χ1n) is 8.72. The van der Waals surface area contributed by atoms with Crippen LogP contribution in [0.1, 0.15) is 30.2 Å². The zero-order valence-corrected chi connectivity index (χ0v) is 15.0. The molecule has 4 nitrogen and oxygen atoms in total. The van der Waals surface area contributed by atoms with E-state index in [1.54, 1.807) is 17.0 Å². The van der Waals surface area contributed by atoms with E-state index in [-0.39, 0.29) is 28.9 Å². The Bertz CT molecular complexity index is 836. The Morgan fingerprint density at radius 1 is 1.15 bits per heavy atom. The third-order valence-corrected chi connectivity index (χ3v) is 6.10. The topological polar surface area (TPSA) is 49.4 Å². The lowest BCUT2D eigenvalue weighted by Crippen LogP contribution is -2.29. The first-order chi connectivity index (χ1) is 12.6. The highest BCUT2D eigenvalue weighted by Gasteiger charge is 2.34. The standard InChI is InChI=1S/C20H19FN2O2S/c21-15-7-9-17(10-8-15)23-18(24)12-26-20(23)14-5-2-6-16(11-14)22-19(25)13-3-1-4-13/h2,5-11,13,20H,1,3-4,12H2,(H,22,25). The minimum atomic E-state index is -0.328. The Kier molecular flexibility index (Phi) is 4.68. The molecule has 1 N–H and O–H groups in total. The smallest absolute Gasteiger partial charge is 0.238 e. The molecule has 4 rings (SSSR count). The largest absolute Gasteiger partial charge is 0.326 e. The van der Waals surface area contributed by atoms with Crippen LogP contribution in [-0.4, -0.2) is 17.6 Å². The molecular formula is C20H19FN2O2S. The van der Waals surface area contributed by atoms with Gasteiger partial charge in [-0.1, -0.05) is 18.6 Å². The molecule has 1 aliphatic heterocycles. The van der Waals surface area contributed by atoms with Crippen LogP contribution in [0, 0.1) is 11.7 Å². The molecule has 26 heavy (non-hydrogen) atoms. The molecular weight excluding hydrogens is 351 g/mol. The van der Waals surface area contributed by atoms with E-state index in [9.17, 15) is 14.0 Å². The fraction of sp³-hybridized carbons (Fsp3) is 0.300. The molecule has 2 aromatic carbocycles. The van der Waals surface area contributed by atoms with Crippen molar-refractivity contribution in [1.82, 2.24) is 0 Å². The highest BCUT2D eigenvalue weighted by molar-refractivity contribution is 8.00. The van der Waals surface area contributed by atoms with Crippen molar-refractivity contribution in [2.45, 2.75) is 24.6 Å². The molecule has 1 saturated heterocycles. The summed E-state index contributed by atoms with van der Waals surface area (Å²) < 4.78 is 13.2. The predicted octanol–water partition coefficient (Wildman–Crippen LogP) is 4.34. The Labute approximate surface area is 155 Å². The normalized spacial score (nSPS) is 20.1. The fourth-order valence-corrected chi connectivity index (χ4v) is 4.40. The lowest BCUT2D eigenvalue weighted by molar-refractivity contribution is -0.122. The number of hydrogen-bond donors (Lipinski definition) is 1. The zero-order valence-electron chi connectivity index (χ0n) is 14.2. The van der Waals surface area contributed by atoms with Gasteiger partial charge in [-0.05, 0) is 54.8 Å². The molecule has 2 aromatic rings. The van der Waals surface area contributed by atoms with Crippen LogP contribution in [0.3, 0.4) is 0 Å². The second-order valence-electron chi connectivity index (χ2n) is 6.65. The van der Waals surface area contributed by atoms with Crippen molar-refractivity contribution in [2.75, 3.05) is 16.0 Å². The molecule has 0 radical (unpaired) electrons. The van der Waals surface area contributed by atoms with E-state index in [0.29, 0.717) is 11.4 Å². The van der Waals surface area contributed by atoms with Gasteiger partial charge in [0.15, 0.2) is 0 Å². The van der Waals surface area contributed by atoms with Gasteiger partial charge in [-0.25, -0.2) is 4.39 Å². The van der Waals surface area contributed by atoms with Crippen LogP contribution in [-0.2, 0) is 9.59 Å². The van der Waals surface area contributed by atoms with Crippen LogP contribution in [0.4, 0.5) is 15.8 Å². The Morgan fingerprint density at radius 3 is 2.62 bits per heavy atom. The molecule has 2 fully saturated rings.